The number of amides is 2. The molecule has 31 heavy (non-hydrogen) atoms. The molecule has 0 saturated carbocycles. The van der Waals surface area contributed by atoms with Crippen molar-refractivity contribution in [1.82, 2.24) is 4.90 Å². The molecule has 0 fully saturated rings. The maximum atomic E-state index is 13.2. The molecule has 1 aliphatic heterocycles. The number of ketones is 1. The van der Waals surface area contributed by atoms with Crippen LogP contribution in [0.4, 0.5) is 0 Å². The molecule has 1 aliphatic rings. The minimum atomic E-state index is -0.704. The van der Waals surface area contributed by atoms with Gasteiger partial charge in [0.25, 0.3) is 11.8 Å². The summed E-state index contributed by atoms with van der Waals surface area (Å²) in [5, 5.41) is 12.4. The number of rotatable bonds is 10. The normalized spacial score (nSPS) is 16.3. The van der Waals surface area contributed by atoms with E-state index in [0.717, 1.165) is 13.0 Å². The first-order chi connectivity index (χ1) is 14.8. The Bertz CT molecular complexity index is 983. The zero-order valence-corrected chi connectivity index (χ0v) is 18.3. The van der Waals surface area contributed by atoms with Gasteiger partial charge >= 0.3 is 0 Å². The van der Waals surface area contributed by atoms with E-state index in [1.54, 1.807) is 46.7 Å². The second-order valence-electron chi connectivity index (χ2n) is 7.60. The largest absolute Gasteiger partial charge is 0.503 e. The van der Waals surface area contributed by atoms with Crippen LogP contribution in [-0.4, -0.2) is 61.4 Å². The highest BCUT2D eigenvalue weighted by Gasteiger charge is 2.43. The van der Waals surface area contributed by atoms with E-state index < -0.39 is 23.6 Å². The molecule has 0 bridgehead atoms. The van der Waals surface area contributed by atoms with Gasteiger partial charge in [0.15, 0.2) is 12.4 Å². The molecule has 2 aromatic rings. The highest BCUT2D eigenvalue weighted by atomic mass is 32.1. The van der Waals surface area contributed by atoms with Crippen molar-refractivity contribution in [3.05, 3.63) is 63.6 Å². The number of nitrogens with zero attached hydrogens (tertiary/aromatic N) is 1. The Morgan fingerprint density at radius 2 is 1.94 bits per heavy atom. The van der Waals surface area contributed by atoms with Crippen molar-refractivity contribution in [2.24, 2.45) is 5.73 Å². The predicted octanol–water partition coefficient (Wildman–Crippen LogP) is 0.725. The van der Waals surface area contributed by atoms with Gasteiger partial charge in [-0.15, -0.1) is 11.3 Å². The molecule has 8 nitrogen and oxygen atoms in total. The smallest absolute Gasteiger partial charge is 0.290 e. The minimum absolute atomic E-state index is 0.0791. The molecule has 0 spiro atoms. The molecule has 164 valence electrons. The van der Waals surface area contributed by atoms with E-state index in [0.29, 0.717) is 22.7 Å². The van der Waals surface area contributed by atoms with E-state index in [1.807, 2.05) is 14.1 Å². The summed E-state index contributed by atoms with van der Waals surface area (Å²) in [6.45, 7) is 0.994. The number of nitrogens with two attached hydrogens (primary N) is 1. The molecule has 0 saturated heterocycles. The third-order valence-corrected chi connectivity index (χ3v) is 5.81. The number of hydrogen-bond donors (Lipinski definition) is 3. The van der Waals surface area contributed by atoms with Gasteiger partial charge < -0.3 is 25.4 Å². The lowest BCUT2D eigenvalue weighted by Crippen LogP contribution is -3.05. The zero-order valence-electron chi connectivity index (χ0n) is 17.5. The number of thiophene rings is 1. The van der Waals surface area contributed by atoms with Crippen LogP contribution in [0.5, 0.6) is 5.75 Å². The van der Waals surface area contributed by atoms with Crippen molar-refractivity contribution in [3.8, 4) is 5.75 Å². The number of aliphatic hydroxyl groups is 1. The van der Waals surface area contributed by atoms with Crippen LogP contribution in [0, 0.1) is 0 Å². The second kappa shape index (κ2) is 9.76. The first-order valence-electron chi connectivity index (χ1n) is 9.92. The molecule has 1 aromatic heterocycles. The first kappa shape index (κ1) is 22.5. The Morgan fingerprint density at radius 3 is 2.52 bits per heavy atom. The van der Waals surface area contributed by atoms with Crippen LogP contribution >= 0.6 is 11.3 Å². The summed E-state index contributed by atoms with van der Waals surface area (Å²) in [5.41, 5.74) is 5.85. The predicted molar refractivity (Wildman–Crippen MR) is 116 cm³/mol. The van der Waals surface area contributed by atoms with E-state index in [4.69, 9.17) is 10.5 Å². The van der Waals surface area contributed by atoms with E-state index >= 15 is 0 Å². The molecule has 0 unspecified atom stereocenters. The zero-order chi connectivity index (χ0) is 22.5. The average molecular weight is 445 g/mol. The minimum Gasteiger partial charge on any atom is -0.503 e. The van der Waals surface area contributed by atoms with E-state index in [1.165, 1.54) is 16.2 Å². The van der Waals surface area contributed by atoms with Crippen molar-refractivity contribution >= 4 is 28.9 Å². The van der Waals surface area contributed by atoms with Crippen LogP contribution in [0.3, 0.4) is 0 Å². The molecule has 1 aromatic carbocycles. The fourth-order valence-corrected chi connectivity index (χ4v) is 4.18. The quantitative estimate of drug-likeness (QED) is 0.468. The number of carbonyl (C=O) groups excluding carboxylic acids is 3. The monoisotopic (exact) mass is 444 g/mol. The van der Waals surface area contributed by atoms with Crippen LogP contribution < -0.4 is 15.4 Å². The number of aliphatic hydroxyl groups excluding tert-OH is 1. The van der Waals surface area contributed by atoms with E-state index in [2.05, 4.69) is 0 Å². The SMILES string of the molecule is C[NH+](C)CCCN1C(=O)C(O)=C(C(=O)c2cccs2)[C@@H]1c1ccc(OCC(N)=O)cc1. The number of carbonyl (C=O) groups is 3. The van der Waals surface area contributed by atoms with Gasteiger partial charge in [-0.25, -0.2) is 0 Å². The Kier molecular flexibility index (Phi) is 7.09. The van der Waals surface area contributed by atoms with Gasteiger partial charge in [0.05, 0.1) is 37.1 Å². The first-order valence-corrected chi connectivity index (χ1v) is 10.8. The Labute approximate surface area is 184 Å². The summed E-state index contributed by atoms with van der Waals surface area (Å²) in [4.78, 5) is 40.2. The highest BCUT2D eigenvalue weighted by Crippen LogP contribution is 2.39. The van der Waals surface area contributed by atoms with Gasteiger partial charge in [0.1, 0.15) is 5.75 Å². The summed E-state index contributed by atoms with van der Waals surface area (Å²) in [6, 6.07) is 9.46. The Balaban J connectivity index is 1.93. The maximum Gasteiger partial charge on any atom is 0.290 e. The van der Waals surface area contributed by atoms with Gasteiger partial charge in [-0.2, -0.15) is 0 Å². The van der Waals surface area contributed by atoms with Gasteiger partial charge in [-0.1, -0.05) is 18.2 Å². The number of ether oxygens (including phenoxy) is 1. The Hall–Kier alpha value is -3.17. The maximum absolute atomic E-state index is 13.2. The second-order valence-corrected chi connectivity index (χ2v) is 8.55. The van der Waals surface area contributed by atoms with E-state index in [9.17, 15) is 19.5 Å². The van der Waals surface area contributed by atoms with Gasteiger partial charge in [-0.3, -0.25) is 14.4 Å². The summed E-state index contributed by atoms with van der Waals surface area (Å²) < 4.78 is 5.29. The van der Waals surface area contributed by atoms with Crippen molar-refractivity contribution in [2.75, 3.05) is 33.8 Å². The fraction of sp³-hybridized carbons (Fsp3) is 0.318. The van der Waals surface area contributed by atoms with Gasteiger partial charge in [0, 0.05) is 13.0 Å². The van der Waals surface area contributed by atoms with E-state index in [-0.39, 0.29) is 18.0 Å². The number of nitrogens with one attached hydrogen (secondary N) is 1. The lowest BCUT2D eigenvalue weighted by atomic mass is 9.95. The summed E-state index contributed by atoms with van der Waals surface area (Å²) in [7, 11) is 4.05. The molecule has 0 aliphatic carbocycles. The summed E-state index contributed by atoms with van der Waals surface area (Å²) >= 11 is 1.26. The molecule has 2 amide bonds. The number of Topliss-reactive ketones (excluding diaryl/α,β-unsaturated/α-hetero) is 1. The Morgan fingerprint density at radius 1 is 1.23 bits per heavy atom. The van der Waals surface area contributed by atoms with Crippen LogP contribution in [0.25, 0.3) is 0 Å². The molecule has 3 rings (SSSR count). The lowest BCUT2D eigenvalue weighted by Gasteiger charge is -2.27. The highest BCUT2D eigenvalue weighted by molar-refractivity contribution is 7.12. The number of hydrogen-bond acceptors (Lipinski definition) is 6. The number of benzene rings is 1. The summed E-state index contributed by atoms with van der Waals surface area (Å²) in [5.74, 6) is -1.56. The van der Waals surface area contributed by atoms with Crippen molar-refractivity contribution in [3.63, 3.8) is 0 Å². The van der Waals surface area contributed by atoms with Crippen LogP contribution in [0.15, 0.2) is 53.1 Å². The molecule has 4 N–H and O–H groups in total. The van der Waals surface area contributed by atoms with Crippen LogP contribution in [-0.2, 0) is 9.59 Å². The molecular formula is C22H26N3O5S+. The number of primary amides is 1. The topological polar surface area (TPSA) is 114 Å². The number of quaternary nitrogens is 1. The average Bonchev–Trinajstić information content (AvgIpc) is 3.35. The fourth-order valence-electron chi connectivity index (χ4n) is 3.51. The summed E-state index contributed by atoms with van der Waals surface area (Å²) in [6.07, 6.45) is 0.720. The third kappa shape index (κ3) is 5.12. The van der Waals surface area contributed by atoms with Crippen molar-refractivity contribution in [1.29, 1.82) is 0 Å². The molecule has 1 atom stereocenters. The lowest BCUT2D eigenvalue weighted by molar-refractivity contribution is -0.858. The van der Waals surface area contributed by atoms with Crippen LogP contribution in [0.1, 0.15) is 27.7 Å². The van der Waals surface area contributed by atoms with Crippen molar-refractivity contribution in [2.45, 2.75) is 12.5 Å². The molecule has 2 heterocycles. The molecule has 0 radical (unpaired) electrons. The van der Waals surface area contributed by atoms with Gasteiger partial charge in [0.2, 0.25) is 5.78 Å². The van der Waals surface area contributed by atoms with Gasteiger partial charge in [-0.05, 0) is 29.1 Å². The third-order valence-electron chi connectivity index (χ3n) is 4.95. The van der Waals surface area contributed by atoms with Crippen molar-refractivity contribution < 1.29 is 29.1 Å². The molecular weight excluding hydrogens is 418 g/mol. The molecule has 9 heteroatoms. The van der Waals surface area contributed by atoms with Crippen LogP contribution in [0.2, 0.25) is 0 Å². The standard InChI is InChI=1S/C22H25N3O5S/c1-24(2)10-4-11-25-19(14-6-8-15(9-7-14)30-13-17(23)26)18(21(28)22(25)29)20(27)16-5-3-12-31-16/h3,5-9,12,19,28H,4,10-11,13H2,1-2H3,(H2,23,26)/p+1/t19-/m0/s1.